The molecular formula is C17H19NO. The molecule has 0 saturated carbocycles. The first-order chi connectivity index (χ1) is 9.24. The molecule has 0 amide bonds. The van der Waals surface area contributed by atoms with Crippen LogP contribution in [0.15, 0.2) is 42.5 Å². The van der Waals surface area contributed by atoms with Crippen molar-refractivity contribution in [3.63, 3.8) is 0 Å². The number of rotatable bonds is 2. The van der Waals surface area contributed by atoms with Crippen molar-refractivity contribution in [2.24, 2.45) is 0 Å². The molecule has 0 saturated heterocycles. The third-order valence-corrected chi connectivity index (χ3v) is 3.84. The third-order valence-electron chi connectivity index (χ3n) is 3.84. The Balaban J connectivity index is 1.86. The number of phenolic OH excluding ortho intramolecular Hbond substituents is 1. The van der Waals surface area contributed by atoms with E-state index in [1.807, 2.05) is 13.0 Å². The second-order valence-electron chi connectivity index (χ2n) is 5.27. The molecule has 2 nitrogen and oxygen atoms in total. The zero-order valence-electron chi connectivity index (χ0n) is 11.3. The van der Waals surface area contributed by atoms with Crippen LogP contribution in [-0.2, 0) is 13.0 Å². The maximum absolute atomic E-state index is 9.59. The van der Waals surface area contributed by atoms with Crippen molar-refractivity contribution in [2.75, 3.05) is 11.4 Å². The monoisotopic (exact) mass is 253 g/mol. The lowest BCUT2D eigenvalue weighted by atomic mass is 10.0. The van der Waals surface area contributed by atoms with E-state index in [4.69, 9.17) is 0 Å². The number of benzene rings is 2. The Bertz CT molecular complexity index is 592. The van der Waals surface area contributed by atoms with E-state index in [1.54, 1.807) is 6.07 Å². The average Bonchev–Trinajstić information content (AvgIpc) is 2.43. The van der Waals surface area contributed by atoms with Crippen LogP contribution in [0.25, 0.3) is 0 Å². The van der Waals surface area contributed by atoms with Crippen LogP contribution in [0.5, 0.6) is 5.75 Å². The highest BCUT2D eigenvalue weighted by Gasteiger charge is 2.16. The summed E-state index contributed by atoms with van der Waals surface area (Å²) in [6.45, 7) is 3.97. The molecule has 2 aromatic rings. The quantitative estimate of drug-likeness (QED) is 0.883. The molecule has 0 spiro atoms. The molecule has 0 radical (unpaired) electrons. The third kappa shape index (κ3) is 2.43. The van der Waals surface area contributed by atoms with Crippen molar-refractivity contribution >= 4 is 5.69 Å². The van der Waals surface area contributed by atoms with Gasteiger partial charge in [-0.15, -0.1) is 0 Å². The van der Waals surface area contributed by atoms with Crippen molar-refractivity contribution in [3.8, 4) is 5.75 Å². The normalized spacial score (nSPS) is 14.3. The lowest BCUT2D eigenvalue weighted by Gasteiger charge is -2.31. The molecule has 1 aliphatic heterocycles. The zero-order valence-corrected chi connectivity index (χ0v) is 11.3. The van der Waals surface area contributed by atoms with Crippen molar-refractivity contribution in [1.82, 2.24) is 0 Å². The predicted octanol–water partition coefficient (Wildman–Crippen LogP) is 3.65. The smallest absolute Gasteiger partial charge is 0.118 e. The maximum atomic E-state index is 9.59. The van der Waals surface area contributed by atoms with Gasteiger partial charge in [0.05, 0.1) is 0 Å². The Hall–Kier alpha value is -1.96. The number of aromatic hydroxyl groups is 1. The van der Waals surface area contributed by atoms with Crippen LogP contribution in [0.4, 0.5) is 5.69 Å². The van der Waals surface area contributed by atoms with Gasteiger partial charge in [0.2, 0.25) is 0 Å². The topological polar surface area (TPSA) is 23.5 Å². The number of phenols is 1. The molecule has 0 fully saturated rings. The summed E-state index contributed by atoms with van der Waals surface area (Å²) in [4.78, 5) is 2.44. The molecule has 1 heterocycles. The van der Waals surface area contributed by atoms with E-state index in [9.17, 15) is 5.11 Å². The standard InChI is InChI=1S/C17H19NO/c1-13-11-14(8-9-17(13)19)12-18-10-4-6-15-5-2-3-7-16(15)18/h2-3,5,7-9,11,19H,4,6,10,12H2,1H3. The van der Waals surface area contributed by atoms with Gasteiger partial charge in [-0.25, -0.2) is 0 Å². The van der Waals surface area contributed by atoms with Gasteiger partial charge >= 0.3 is 0 Å². The number of hydrogen-bond acceptors (Lipinski definition) is 2. The minimum atomic E-state index is 0.378. The lowest BCUT2D eigenvalue weighted by molar-refractivity contribution is 0.471. The predicted molar refractivity (Wildman–Crippen MR) is 78.7 cm³/mol. The number of fused-ring (bicyclic) bond motifs is 1. The number of aryl methyl sites for hydroxylation is 2. The maximum Gasteiger partial charge on any atom is 0.118 e. The highest BCUT2D eigenvalue weighted by atomic mass is 16.3. The van der Waals surface area contributed by atoms with Gasteiger partial charge in [0, 0.05) is 18.8 Å². The van der Waals surface area contributed by atoms with Gasteiger partial charge < -0.3 is 10.0 Å². The van der Waals surface area contributed by atoms with Crippen LogP contribution < -0.4 is 4.90 Å². The molecule has 2 heteroatoms. The van der Waals surface area contributed by atoms with Gasteiger partial charge in [0.15, 0.2) is 0 Å². The molecule has 0 bridgehead atoms. The molecule has 0 aromatic heterocycles. The minimum Gasteiger partial charge on any atom is -0.508 e. The average molecular weight is 253 g/mol. The van der Waals surface area contributed by atoms with Crippen LogP contribution in [0.2, 0.25) is 0 Å². The first kappa shape index (κ1) is 12.1. The summed E-state index contributed by atoms with van der Waals surface area (Å²) >= 11 is 0. The Labute approximate surface area is 114 Å². The van der Waals surface area contributed by atoms with Crippen LogP contribution >= 0.6 is 0 Å². The van der Waals surface area contributed by atoms with Crippen molar-refractivity contribution < 1.29 is 5.11 Å². The van der Waals surface area contributed by atoms with Crippen molar-refractivity contribution in [1.29, 1.82) is 0 Å². The molecule has 0 atom stereocenters. The van der Waals surface area contributed by atoms with Crippen LogP contribution in [0.1, 0.15) is 23.1 Å². The van der Waals surface area contributed by atoms with Crippen LogP contribution in [0.3, 0.4) is 0 Å². The molecule has 19 heavy (non-hydrogen) atoms. The summed E-state index contributed by atoms with van der Waals surface area (Å²) in [7, 11) is 0. The number of hydrogen-bond donors (Lipinski definition) is 1. The second kappa shape index (κ2) is 4.96. The fourth-order valence-electron chi connectivity index (χ4n) is 2.81. The minimum absolute atomic E-state index is 0.378. The summed E-state index contributed by atoms with van der Waals surface area (Å²) in [5, 5.41) is 9.59. The molecule has 1 N–H and O–H groups in total. The number of para-hydroxylation sites is 1. The molecule has 2 aromatic carbocycles. The number of anilines is 1. The lowest BCUT2D eigenvalue weighted by Crippen LogP contribution is -2.28. The summed E-state index contributed by atoms with van der Waals surface area (Å²) in [6.07, 6.45) is 2.40. The highest BCUT2D eigenvalue weighted by molar-refractivity contribution is 5.55. The Kier molecular flexibility index (Phi) is 3.16. The zero-order chi connectivity index (χ0) is 13.2. The highest BCUT2D eigenvalue weighted by Crippen LogP contribution is 2.28. The fraction of sp³-hybridized carbons (Fsp3) is 0.294. The molecule has 98 valence electrons. The summed E-state index contributed by atoms with van der Waals surface area (Å²) in [5.74, 6) is 0.378. The molecule has 1 aliphatic rings. The van der Waals surface area contributed by atoms with Gasteiger partial charge in [-0.3, -0.25) is 0 Å². The Morgan fingerprint density at radius 3 is 2.84 bits per heavy atom. The molecule has 0 unspecified atom stereocenters. The summed E-state index contributed by atoms with van der Waals surface area (Å²) in [5.41, 5.74) is 5.01. The van der Waals surface area contributed by atoms with E-state index >= 15 is 0 Å². The van der Waals surface area contributed by atoms with E-state index in [-0.39, 0.29) is 0 Å². The second-order valence-corrected chi connectivity index (χ2v) is 5.27. The van der Waals surface area contributed by atoms with Gasteiger partial charge in [-0.2, -0.15) is 0 Å². The first-order valence-electron chi connectivity index (χ1n) is 6.85. The summed E-state index contributed by atoms with van der Waals surface area (Å²) in [6, 6.07) is 14.5. The van der Waals surface area contributed by atoms with E-state index in [0.29, 0.717) is 5.75 Å². The largest absolute Gasteiger partial charge is 0.508 e. The van der Waals surface area contributed by atoms with Crippen LogP contribution in [0, 0.1) is 6.92 Å². The SMILES string of the molecule is Cc1cc(CN2CCCc3ccccc32)ccc1O. The fourth-order valence-corrected chi connectivity index (χ4v) is 2.81. The van der Waals surface area contributed by atoms with E-state index in [2.05, 4.69) is 35.2 Å². The van der Waals surface area contributed by atoms with Crippen molar-refractivity contribution in [3.05, 3.63) is 59.2 Å². The number of nitrogens with zero attached hydrogens (tertiary/aromatic N) is 1. The van der Waals surface area contributed by atoms with Gasteiger partial charge in [-0.05, 0) is 48.6 Å². The summed E-state index contributed by atoms with van der Waals surface area (Å²) < 4.78 is 0. The van der Waals surface area contributed by atoms with Gasteiger partial charge in [-0.1, -0.05) is 30.3 Å². The van der Waals surface area contributed by atoms with Gasteiger partial charge in [0.1, 0.15) is 5.75 Å². The van der Waals surface area contributed by atoms with Crippen molar-refractivity contribution in [2.45, 2.75) is 26.3 Å². The van der Waals surface area contributed by atoms with Crippen LogP contribution in [-0.4, -0.2) is 11.7 Å². The molecular weight excluding hydrogens is 234 g/mol. The van der Waals surface area contributed by atoms with Gasteiger partial charge in [0.25, 0.3) is 0 Å². The Morgan fingerprint density at radius 2 is 2.00 bits per heavy atom. The first-order valence-corrected chi connectivity index (χ1v) is 6.85. The Morgan fingerprint density at radius 1 is 1.16 bits per heavy atom. The van der Waals surface area contributed by atoms with E-state index < -0.39 is 0 Å². The molecule has 3 rings (SSSR count). The van der Waals surface area contributed by atoms with E-state index in [1.165, 1.54) is 29.7 Å². The molecule has 0 aliphatic carbocycles. The van der Waals surface area contributed by atoms with E-state index in [0.717, 1.165) is 18.7 Å².